The molecule has 0 radical (unpaired) electrons. The smallest absolute Gasteiger partial charge is 0.178 e. The zero-order valence-corrected chi connectivity index (χ0v) is 12.6. The summed E-state index contributed by atoms with van der Waals surface area (Å²) < 4.78 is 21.6. The molecule has 1 N–H and O–H groups in total. The number of rotatable bonds is 5. The number of hydrogen-bond acceptors (Lipinski definition) is 2. The highest BCUT2D eigenvalue weighted by atomic mass is 32.1. The lowest BCUT2D eigenvalue weighted by Gasteiger charge is -2.15. The largest absolute Gasteiger partial charge is 0.494 e. The van der Waals surface area contributed by atoms with Crippen LogP contribution >= 0.6 is 12.2 Å². The Kier molecular flexibility index (Phi) is 3.32. The van der Waals surface area contributed by atoms with E-state index in [9.17, 15) is 4.39 Å². The van der Waals surface area contributed by atoms with Crippen LogP contribution in [0.4, 0.5) is 4.39 Å². The summed E-state index contributed by atoms with van der Waals surface area (Å²) in [6.45, 7) is 3.13. The molecule has 1 aliphatic rings. The van der Waals surface area contributed by atoms with Gasteiger partial charge in [-0.05, 0) is 36.9 Å². The van der Waals surface area contributed by atoms with Crippen molar-refractivity contribution in [2.24, 2.45) is 5.41 Å². The Morgan fingerprint density at radius 3 is 2.80 bits per heavy atom. The number of nitrogens with one attached hydrogen (secondary N) is 1. The summed E-state index contributed by atoms with van der Waals surface area (Å²) in [5, 5.41) is 0. The van der Waals surface area contributed by atoms with E-state index in [1.807, 2.05) is 0 Å². The highest BCUT2D eigenvalue weighted by Crippen LogP contribution is 2.51. The third-order valence-corrected chi connectivity index (χ3v) is 4.60. The fraction of sp³-hybridized carbons (Fsp3) is 0.533. The molecular formula is C15H19FN2OS. The lowest BCUT2D eigenvalue weighted by molar-refractivity contribution is 0.384. The van der Waals surface area contributed by atoms with Crippen LogP contribution in [0.15, 0.2) is 12.1 Å². The van der Waals surface area contributed by atoms with E-state index in [4.69, 9.17) is 17.0 Å². The first-order chi connectivity index (χ1) is 9.58. The maximum Gasteiger partial charge on any atom is 0.178 e. The molecule has 1 aliphatic carbocycles. The molecule has 1 aromatic carbocycles. The van der Waals surface area contributed by atoms with Crippen molar-refractivity contribution >= 4 is 23.3 Å². The van der Waals surface area contributed by atoms with Crippen molar-refractivity contribution in [1.82, 2.24) is 9.55 Å². The maximum atomic E-state index is 13.7. The Bertz CT molecular complexity index is 700. The first-order valence-electron chi connectivity index (χ1n) is 7.04. The number of methoxy groups -OCH3 is 1. The van der Waals surface area contributed by atoms with Crippen molar-refractivity contribution in [1.29, 1.82) is 0 Å². The maximum absolute atomic E-state index is 13.7. The average Bonchev–Trinajstić information content (AvgIpc) is 3.10. The van der Waals surface area contributed by atoms with Gasteiger partial charge in [0.05, 0.1) is 18.1 Å². The number of fused-ring (bicyclic) bond motifs is 1. The van der Waals surface area contributed by atoms with Gasteiger partial charge in [-0.25, -0.2) is 4.39 Å². The number of halogens is 1. The molecule has 3 rings (SSSR count). The van der Waals surface area contributed by atoms with E-state index in [0.29, 0.717) is 10.2 Å². The molecule has 0 bridgehead atoms. The molecular weight excluding hydrogens is 275 g/mol. The molecule has 1 fully saturated rings. The summed E-state index contributed by atoms with van der Waals surface area (Å²) in [6, 6.07) is 3.19. The van der Waals surface area contributed by atoms with Gasteiger partial charge in [0.25, 0.3) is 0 Å². The lowest BCUT2D eigenvalue weighted by Crippen LogP contribution is -2.11. The van der Waals surface area contributed by atoms with E-state index in [1.165, 1.54) is 38.9 Å². The normalized spacial score (nSPS) is 16.6. The van der Waals surface area contributed by atoms with Gasteiger partial charge in [-0.2, -0.15) is 0 Å². The van der Waals surface area contributed by atoms with Gasteiger partial charge < -0.3 is 14.3 Å². The minimum absolute atomic E-state index is 0.264. The minimum Gasteiger partial charge on any atom is -0.494 e. The van der Waals surface area contributed by atoms with E-state index in [1.54, 1.807) is 6.07 Å². The summed E-state index contributed by atoms with van der Waals surface area (Å²) in [7, 11) is 1.48. The van der Waals surface area contributed by atoms with Crippen molar-refractivity contribution in [2.45, 2.75) is 39.2 Å². The Balaban J connectivity index is 2.06. The molecule has 1 aromatic heterocycles. The number of ether oxygens (including phenoxy) is 1. The Morgan fingerprint density at radius 1 is 1.45 bits per heavy atom. The molecule has 0 spiro atoms. The summed E-state index contributed by atoms with van der Waals surface area (Å²) in [5.74, 6) is -0.0984. The van der Waals surface area contributed by atoms with Crippen molar-refractivity contribution in [3.8, 4) is 5.75 Å². The zero-order chi connectivity index (χ0) is 14.3. The van der Waals surface area contributed by atoms with E-state index in [-0.39, 0.29) is 11.6 Å². The van der Waals surface area contributed by atoms with Crippen LogP contribution in [0.3, 0.4) is 0 Å². The lowest BCUT2D eigenvalue weighted by atomic mass is 10.0. The van der Waals surface area contributed by atoms with Crippen LogP contribution in [0.2, 0.25) is 0 Å². The summed E-state index contributed by atoms with van der Waals surface area (Å²) in [4.78, 5) is 3.09. The topological polar surface area (TPSA) is 29.9 Å². The summed E-state index contributed by atoms with van der Waals surface area (Å²) >= 11 is 5.40. The summed E-state index contributed by atoms with van der Waals surface area (Å²) in [6.07, 6.45) is 4.93. The monoisotopic (exact) mass is 294 g/mol. The Labute approximate surface area is 122 Å². The van der Waals surface area contributed by atoms with Crippen molar-refractivity contribution in [2.75, 3.05) is 7.11 Å². The van der Waals surface area contributed by atoms with Crippen molar-refractivity contribution < 1.29 is 9.13 Å². The van der Waals surface area contributed by atoms with Gasteiger partial charge in [-0.15, -0.1) is 0 Å². The number of benzene rings is 1. The van der Waals surface area contributed by atoms with E-state index < -0.39 is 0 Å². The molecule has 0 aliphatic heterocycles. The van der Waals surface area contributed by atoms with Crippen LogP contribution in [0.25, 0.3) is 11.0 Å². The predicted molar refractivity (Wildman–Crippen MR) is 80.2 cm³/mol. The second kappa shape index (κ2) is 4.88. The molecule has 1 saturated carbocycles. The van der Waals surface area contributed by atoms with Gasteiger partial charge in [0, 0.05) is 18.7 Å². The number of imidazole rings is 1. The van der Waals surface area contributed by atoms with Gasteiger partial charge in [-0.1, -0.05) is 13.3 Å². The third-order valence-electron chi connectivity index (χ3n) is 4.28. The molecule has 5 heteroatoms. The Morgan fingerprint density at radius 2 is 2.20 bits per heavy atom. The fourth-order valence-corrected chi connectivity index (χ4v) is 3.27. The molecule has 1 heterocycles. The predicted octanol–water partition coefficient (Wildman–Crippen LogP) is 4.43. The van der Waals surface area contributed by atoms with Crippen LogP contribution in [-0.4, -0.2) is 16.7 Å². The number of H-pyrrole nitrogens is 1. The first kappa shape index (κ1) is 13.6. The number of aromatic nitrogens is 2. The molecule has 20 heavy (non-hydrogen) atoms. The third kappa shape index (κ3) is 2.24. The fourth-order valence-electron chi connectivity index (χ4n) is 3.00. The molecule has 108 valence electrons. The van der Waals surface area contributed by atoms with Gasteiger partial charge >= 0.3 is 0 Å². The van der Waals surface area contributed by atoms with E-state index in [0.717, 1.165) is 17.6 Å². The van der Waals surface area contributed by atoms with Gasteiger partial charge in [0.15, 0.2) is 16.3 Å². The molecule has 2 aromatic rings. The second-order valence-corrected chi connectivity index (χ2v) is 6.16. The average molecular weight is 294 g/mol. The van der Waals surface area contributed by atoms with Gasteiger partial charge in [0.1, 0.15) is 0 Å². The van der Waals surface area contributed by atoms with Crippen LogP contribution in [0, 0.1) is 16.0 Å². The molecule has 0 atom stereocenters. The molecule has 0 unspecified atom stereocenters. The SMILES string of the molecule is CCCC1(Cn2c(=S)[nH]c3cc(F)c(OC)cc32)CC1. The zero-order valence-electron chi connectivity index (χ0n) is 11.8. The van der Waals surface area contributed by atoms with E-state index in [2.05, 4.69) is 16.5 Å². The van der Waals surface area contributed by atoms with E-state index >= 15 is 0 Å². The minimum atomic E-state index is -0.363. The van der Waals surface area contributed by atoms with Crippen LogP contribution in [0.1, 0.15) is 32.6 Å². The molecule has 0 saturated heterocycles. The summed E-state index contributed by atoms with van der Waals surface area (Å²) in [5.41, 5.74) is 2.06. The Hall–Kier alpha value is -1.36. The number of hydrogen-bond donors (Lipinski definition) is 1. The quantitative estimate of drug-likeness (QED) is 0.827. The standard InChI is InChI=1S/C15H19FN2OS/c1-3-4-15(5-6-15)9-18-12-8-13(19-2)10(16)7-11(12)17-14(18)20/h7-8H,3-6,9H2,1-2H3,(H,17,20). The van der Waals surface area contributed by atoms with Crippen molar-refractivity contribution in [3.05, 3.63) is 22.7 Å². The highest BCUT2D eigenvalue weighted by Gasteiger charge is 2.42. The second-order valence-electron chi connectivity index (χ2n) is 5.77. The highest BCUT2D eigenvalue weighted by molar-refractivity contribution is 7.71. The van der Waals surface area contributed by atoms with Gasteiger partial charge in [-0.3, -0.25) is 0 Å². The number of aromatic amines is 1. The molecule has 0 amide bonds. The van der Waals surface area contributed by atoms with Crippen LogP contribution in [-0.2, 0) is 6.54 Å². The van der Waals surface area contributed by atoms with Gasteiger partial charge in [0.2, 0.25) is 0 Å². The first-order valence-corrected chi connectivity index (χ1v) is 7.45. The number of nitrogens with zero attached hydrogens (tertiary/aromatic N) is 1. The van der Waals surface area contributed by atoms with Crippen LogP contribution in [0.5, 0.6) is 5.75 Å². The van der Waals surface area contributed by atoms with Crippen LogP contribution < -0.4 is 4.74 Å². The van der Waals surface area contributed by atoms with Crippen molar-refractivity contribution in [3.63, 3.8) is 0 Å². The molecule has 3 nitrogen and oxygen atoms in total.